The lowest BCUT2D eigenvalue weighted by atomic mass is 10.1. The first-order valence-electron chi connectivity index (χ1n) is 7.84. The monoisotopic (exact) mass is 383 g/mol. The highest BCUT2D eigenvalue weighted by Crippen LogP contribution is 2.32. The van der Waals surface area contributed by atoms with Gasteiger partial charge in [-0.05, 0) is 0 Å². The zero-order valence-electron chi connectivity index (χ0n) is 13.7. The lowest BCUT2D eigenvalue weighted by Gasteiger charge is -2.17. The molecule has 13 nitrogen and oxygen atoms in total. The molecule has 5 atom stereocenters. The van der Waals surface area contributed by atoms with E-state index in [1.165, 1.54) is 10.9 Å². The van der Waals surface area contributed by atoms with Crippen molar-refractivity contribution in [1.29, 1.82) is 0 Å². The molecule has 146 valence electrons. The molecule has 3 heterocycles. The maximum Gasteiger partial charge on any atom is 0.326 e. The van der Waals surface area contributed by atoms with E-state index in [2.05, 4.69) is 20.3 Å². The molecule has 13 heteroatoms. The maximum atomic E-state index is 11.2. The quantitative estimate of drug-likeness (QED) is 0.301. The summed E-state index contributed by atoms with van der Waals surface area (Å²) in [5, 5.41) is 49.7. The highest BCUT2D eigenvalue weighted by atomic mass is 16.6. The second-order valence-corrected chi connectivity index (χ2v) is 5.91. The van der Waals surface area contributed by atoms with E-state index < -0.39 is 55.5 Å². The predicted molar refractivity (Wildman–Crippen MR) is 85.6 cm³/mol. The van der Waals surface area contributed by atoms with E-state index in [0.717, 1.165) is 6.33 Å². The summed E-state index contributed by atoms with van der Waals surface area (Å²) in [6, 6.07) is -1.44. The fourth-order valence-corrected chi connectivity index (χ4v) is 2.79. The number of hydrogen-bond donors (Lipinski definition) is 6. The fourth-order valence-electron chi connectivity index (χ4n) is 2.79. The van der Waals surface area contributed by atoms with Crippen molar-refractivity contribution in [3.05, 3.63) is 12.7 Å². The van der Waals surface area contributed by atoms with Crippen LogP contribution in [0.3, 0.4) is 0 Å². The number of carboxylic acid groups (broad SMARTS) is 2. The molecule has 0 aromatic carbocycles. The molecule has 0 spiro atoms. The first kappa shape index (κ1) is 18.9. The van der Waals surface area contributed by atoms with Gasteiger partial charge in [0, 0.05) is 0 Å². The number of rotatable bonds is 7. The van der Waals surface area contributed by atoms with Crippen molar-refractivity contribution in [2.24, 2.45) is 0 Å². The summed E-state index contributed by atoms with van der Waals surface area (Å²) < 4.78 is 6.72. The summed E-state index contributed by atoms with van der Waals surface area (Å²) in [4.78, 5) is 34.0. The molecular formula is C14H17N5O8. The van der Waals surface area contributed by atoms with Gasteiger partial charge in [0.15, 0.2) is 23.2 Å². The molecule has 27 heavy (non-hydrogen) atoms. The average molecular weight is 383 g/mol. The second-order valence-electron chi connectivity index (χ2n) is 5.91. The van der Waals surface area contributed by atoms with Crippen LogP contribution in [0.1, 0.15) is 12.6 Å². The van der Waals surface area contributed by atoms with Gasteiger partial charge < -0.3 is 35.6 Å². The highest BCUT2D eigenvalue weighted by Gasteiger charge is 2.44. The van der Waals surface area contributed by atoms with Gasteiger partial charge in [0.05, 0.1) is 19.4 Å². The molecule has 0 radical (unpaired) electrons. The molecule has 6 N–H and O–H groups in total. The topological polar surface area (TPSA) is 200 Å². The predicted octanol–water partition coefficient (Wildman–Crippen LogP) is -2.22. The Morgan fingerprint density at radius 2 is 1.96 bits per heavy atom. The number of fused-ring (bicyclic) bond motifs is 1. The Hall–Kier alpha value is -2.87. The van der Waals surface area contributed by atoms with Crippen LogP contribution in [0.25, 0.3) is 11.2 Å². The second kappa shape index (κ2) is 7.40. The lowest BCUT2D eigenvalue weighted by Crippen LogP contribution is -2.33. The minimum atomic E-state index is -1.44. The third kappa shape index (κ3) is 3.52. The number of aliphatic hydroxyl groups is 3. The van der Waals surface area contributed by atoms with Gasteiger partial charge in [-0.1, -0.05) is 0 Å². The molecule has 2 aromatic heterocycles. The van der Waals surface area contributed by atoms with Crippen LogP contribution in [-0.2, 0) is 14.3 Å². The van der Waals surface area contributed by atoms with Crippen molar-refractivity contribution < 1.29 is 39.9 Å². The van der Waals surface area contributed by atoms with Crippen LogP contribution in [0.5, 0.6) is 0 Å². The number of aliphatic hydroxyl groups excluding tert-OH is 3. The van der Waals surface area contributed by atoms with Crippen LogP contribution in [0.15, 0.2) is 12.7 Å². The van der Waals surface area contributed by atoms with Gasteiger partial charge >= 0.3 is 11.9 Å². The summed E-state index contributed by atoms with van der Waals surface area (Å²) in [5.41, 5.74) is 0.272. The molecule has 0 bridgehead atoms. The minimum absolute atomic E-state index is 0.0147. The SMILES string of the molecule is O=C(O)CC(Nc1ncnc2c1ncn2[C@@H]1O[C@H](CO)[C@H](O)C1O)C(=O)O. The largest absolute Gasteiger partial charge is 0.481 e. The van der Waals surface area contributed by atoms with Crippen LogP contribution in [0, 0.1) is 0 Å². The van der Waals surface area contributed by atoms with Gasteiger partial charge in [-0.15, -0.1) is 0 Å². The van der Waals surface area contributed by atoms with E-state index in [-0.39, 0.29) is 17.0 Å². The first-order valence-corrected chi connectivity index (χ1v) is 7.84. The summed E-state index contributed by atoms with van der Waals surface area (Å²) in [6.45, 7) is -0.501. The van der Waals surface area contributed by atoms with Crippen LogP contribution in [0.2, 0.25) is 0 Å². The normalized spacial score (nSPS) is 26.2. The van der Waals surface area contributed by atoms with Crippen LogP contribution < -0.4 is 5.32 Å². The molecule has 0 amide bonds. The molecule has 1 fully saturated rings. The first-order chi connectivity index (χ1) is 12.8. The summed E-state index contributed by atoms with van der Waals surface area (Å²) in [6.07, 6.45) is -3.08. The Morgan fingerprint density at radius 3 is 2.56 bits per heavy atom. The minimum Gasteiger partial charge on any atom is -0.481 e. The molecular weight excluding hydrogens is 366 g/mol. The van der Waals surface area contributed by atoms with E-state index in [4.69, 9.17) is 14.9 Å². The third-order valence-corrected chi connectivity index (χ3v) is 4.14. The molecule has 2 unspecified atom stereocenters. The van der Waals surface area contributed by atoms with Crippen molar-refractivity contribution in [2.45, 2.75) is 37.0 Å². The average Bonchev–Trinajstić information content (AvgIpc) is 3.16. The number of nitrogens with one attached hydrogen (secondary N) is 1. The van der Waals surface area contributed by atoms with Gasteiger partial charge in [-0.25, -0.2) is 19.7 Å². The number of carbonyl (C=O) groups is 2. The molecule has 2 aromatic rings. The van der Waals surface area contributed by atoms with E-state index in [1.807, 2.05) is 0 Å². The van der Waals surface area contributed by atoms with Crippen molar-refractivity contribution in [3.63, 3.8) is 0 Å². The molecule has 3 rings (SSSR count). The Morgan fingerprint density at radius 1 is 1.22 bits per heavy atom. The molecule has 0 aliphatic carbocycles. The van der Waals surface area contributed by atoms with Gasteiger partial charge in [0.1, 0.15) is 30.7 Å². The number of aliphatic carboxylic acids is 2. The van der Waals surface area contributed by atoms with Gasteiger partial charge in [-0.2, -0.15) is 0 Å². The number of ether oxygens (including phenoxy) is 1. The van der Waals surface area contributed by atoms with Crippen LogP contribution >= 0.6 is 0 Å². The molecule has 1 aliphatic rings. The molecule has 1 saturated heterocycles. The number of imidazole rings is 1. The van der Waals surface area contributed by atoms with E-state index >= 15 is 0 Å². The van der Waals surface area contributed by atoms with Crippen LogP contribution in [0.4, 0.5) is 5.82 Å². The van der Waals surface area contributed by atoms with Crippen molar-refractivity contribution >= 4 is 28.9 Å². The lowest BCUT2D eigenvalue weighted by molar-refractivity contribution is -0.144. The van der Waals surface area contributed by atoms with Crippen LogP contribution in [-0.4, -0.2) is 88.0 Å². The number of anilines is 1. The van der Waals surface area contributed by atoms with Crippen molar-refractivity contribution in [3.8, 4) is 0 Å². The van der Waals surface area contributed by atoms with E-state index in [1.54, 1.807) is 0 Å². The van der Waals surface area contributed by atoms with Crippen molar-refractivity contribution in [1.82, 2.24) is 19.5 Å². The van der Waals surface area contributed by atoms with E-state index in [9.17, 15) is 24.9 Å². The molecule has 1 aliphatic heterocycles. The van der Waals surface area contributed by atoms with Crippen molar-refractivity contribution in [2.75, 3.05) is 11.9 Å². The summed E-state index contributed by atoms with van der Waals surface area (Å²) in [7, 11) is 0. The number of hydrogen-bond acceptors (Lipinski definition) is 10. The van der Waals surface area contributed by atoms with Gasteiger partial charge in [0.2, 0.25) is 0 Å². The Bertz CT molecular complexity index is 857. The third-order valence-electron chi connectivity index (χ3n) is 4.14. The standard InChI is InChI=1S/C14H17N5O8/c20-2-6-9(23)10(24)13(27-6)19-4-17-8-11(15-3-16-12(8)19)18-5(14(25)26)1-7(21)22/h3-6,9-10,13,20,23-24H,1-2H2,(H,21,22)(H,25,26)(H,15,16,18)/t5?,6-,9+,10?,13-/m1/s1. The smallest absolute Gasteiger partial charge is 0.326 e. The zero-order chi connectivity index (χ0) is 19.7. The van der Waals surface area contributed by atoms with Gasteiger partial charge in [-0.3, -0.25) is 9.36 Å². The number of nitrogens with zero attached hydrogens (tertiary/aromatic N) is 4. The molecule has 0 saturated carbocycles. The van der Waals surface area contributed by atoms with Gasteiger partial charge in [0.25, 0.3) is 0 Å². The Labute approximate surface area is 150 Å². The number of carboxylic acids is 2. The Balaban J connectivity index is 1.93. The number of aromatic nitrogens is 4. The zero-order valence-corrected chi connectivity index (χ0v) is 13.7. The highest BCUT2D eigenvalue weighted by molar-refractivity contribution is 5.88. The summed E-state index contributed by atoms with van der Waals surface area (Å²) in [5.74, 6) is -2.71. The van der Waals surface area contributed by atoms with E-state index in [0.29, 0.717) is 0 Å². The Kier molecular flexibility index (Phi) is 5.18. The fraction of sp³-hybridized carbons (Fsp3) is 0.500. The maximum absolute atomic E-state index is 11.2. The summed E-state index contributed by atoms with van der Waals surface area (Å²) >= 11 is 0.